The van der Waals surface area contributed by atoms with Crippen LogP contribution >= 0.6 is 11.8 Å². The molecule has 35 heavy (non-hydrogen) atoms. The van der Waals surface area contributed by atoms with Crippen LogP contribution in [0, 0.1) is 0 Å². The molecule has 0 fully saturated rings. The largest absolute Gasteiger partial charge is 0.447 e. The molecule has 0 atom stereocenters. The number of benzene rings is 2. The lowest BCUT2D eigenvalue weighted by Crippen LogP contribution is -2.41. The number of nitrogens with one attached hydrogen (secondary N) is 2. The monoisotopic (exact) mass is 499 g/mol. The molecular formula is C22H16F3N7O2S. The van der Waals surface area contributed by atoms with E-state index in [1.54, 1.807) is 12.1 Å². The van der Waals surface area contributed by atoms with Crippen LogP contribution in [-0.4, -0.2) is 42.5 Å². The van der Waals surface area contributed by atoms with E-state index in [1.807, 2.05) is 30.3 Å². The predicted octanol–water partition coefficient (Wildman–Crippen LogP) is 3.47. The van der Waals surface area contributed by atoms with Gasteiger partial charge in [-0.05, 0) is 35.0 Å². The zero-order valence-electron chi connectivity index (χ0n) is 17.7. The standard InChI is InChI=1S/C22H16F3N7O2S/c23-22(24,25)35-21-17(7-4-12-26-21)20(34)29-28-19(33)16-10-8-14(9-11-16)13-32-30-18(27-31-32)15-5-2-1-3-6-15/h1-12H,13H2,(H,28,33)(H,29,34). The number of aromatic nitrogens is 5. The van der Waals surface area contributed by atoms with Crippen molar-refractivity contribution in [2.24, 2.45) is 0 Å². The van der Waals surface area contributed by atoms with Crippen molar-refractivity contribution in [3.05, 3.63) is 89.6 Å². The second-order valence-corrected chi connectivity index (χ2v) is 8.07. The number of carbonyl (C=O) groups excluding carboxylic acids is 2. The number of thioether (sulfide) groups is 1. The van der Waals surface area contributed by atoms with Crippen molar-refractivity contribution < 1.29 is 22.8 Å². The topological polar surface area (TPSA) is 115 Å². The number of amides is 2. The summed E-state index contributed by atoms with van der Waals surface area (Å²) < 4.78 is 38.0. The second-order valence-electron chi connectivity index (χ2n) is 7.02. The molecular weight excluding hydrogens is 483 g/mol. The number of rotatable bonds is 6. The molecule has 0 aliphatic heterocycles. The van der Waals surface area contributed by atoms with E-state index in [9.17, 15) is 22.8 Å². The zero-order chi connectivity index (χ0) is 24.8. The Kier molecular flexibility index (Phi) is 7.06. The van der Waals surface area contributed by atoms with Crippen LogP contribution in [0.1, 0.15) is 26.3 Å². The van der Waals surface area contributed by atoms with E-state index >= 15 is 0 Å². The van der Waals surface area contributed by atoms with Crippen molar-refractivity contribution in [3.63, 3.8) is 0 Å². The Hall–Kier alpha value is -4.26. The number of alkyl halides is 3. The van der Waals surface area contributed by atoms with Gasteiger partial charge < -0.3 is 0 Å². The first-order chi connectivity index (χ1) is 16.8. The van der Waals surface area contributed by atoms with E-state index in [2.05, 4.69) is 31.2 Å². The minimum atomic E-state index is -4.61. The minimum absolute atomic E-state index is 0.224. The van der Waals surface area contributed by atoms with Gasteiger partial charge in [-0.1, -0.05) is 42.5 Å². The molecule has 178 valence electrons. The third kappa shape index (κ3) is 6.41. The average Bonchev–Trinajstić information content (AvgIpc) is 3.31. The second kappa shape index (κ2) is 10.3. The molecule has 2 heterocycles. The minimum Gasteiger partial charge on any atom is -0.267 e. The van der Waals surface area contributed by atoms with Crippen LogP contribution < -0.4 is 10.9 Å². The number of hydrazine groups is 1. The third-order valence-corrected chi connectivity index (χ3v) is 5.29. The fourth-order valence-corrected chi connectivity index (χ4v) is 3.55. The highest BCUT2D eigenvalue weighted by molar-refractivity contribution is 8.00. The Morgan fingerprint density at radius 2 is 1.63 bits per heavy atom. The van der Waals surface area contributed by atoms with Gasteiger partial charge in [0.15, 0.2) is 0 Å². The lowest BCUT2D eigenvalue weighted by Gasteiger charge is -2.11. The normalized spacial score (nSPS) is 11.2. The van der Waals surface area contributed by atoms with Gasteiger partial charge in [0, 0.05) is 29.1 Å². The van der Waals surface area contributed by atoms with E-state index < -0.39 is 34.1 Å². The number of hydrogen-bond donors (Lipinski definition) is 2. The number of hydrogen-bond acceptors (Lipinski definition) is 7. The number of tetrazole rings is 1. The maximum absolute atomic E-state index is 12.7. The fraction of sp³-hybridized carbons (Fsp3) is 0.0909. The Balaban J connectivity index is 1.34. The molecule has 2 aromatic carbocycles. The van der Waals surface area contributed by atoms with Crippen molar-refractivity contribution in [3.8, 4) is 11.4 Å². The molecule has 0 radical (unpaired) electrons. The summed E-state index contributed by atoms with van der Waals surface area (Å²) in [5, 5.41) is 11.9. The maximum Gasteiger partial charge on any atom is 0.447 e. The van der Waals surface area contributed by atoms with Crippen LogP contribution in [0.4, 0.5) is 13.2 Å². The lowest BCUT2D eigenvalue weighted by molar-refractivity contribution is -0.0329. The van der Waals surface area contributed by atoms with Crippen LogP contribution in [0.25, 0.3) is 11.4 Å². The van der Waals surface area contributed by atoms with Crippen molar-refractivity contribution in [2.45, 2.75) is 17.1 Å². The Morgan fingerprint density at radius 3 is 2.34 bits per heavy atom. The highest BCUT2D eigenvalue weighted by Crippen LogP contribution is 2.37. The average molecular weight is 499 g/mol. The molecule has 0 aliphatic carbocycles. The van der Waals surface area contributed by atoms with Gasteiger partial charge in [0.05, 0.1) is 12.1 Å². The molecule has 0 bridgehead atoms. The van der Waals surface area contributed by atoms with E-state index in [-0.39, 0.29) is 11.1 Å². The van der Waals surface area contributed by atoms with Gasteiger partial charge in [0.2, 0.25) is 5.82 Å². The first kappa shape index (κ1) is 23.9. The molecule has 0 saturated carbocycles. The molecule has 0 saturated heterocycles. The van der Waals surface area contributed by atoms with Crippen LogP contribution in [0.15, 0.2) is 78.0 Å². The molecule has 2 aromatic heterocycles. The van der Waals surface area contributed by atoms with Gasteiger partial charge in [0.25, 0.3) is 11.8 Å². The Labute approximate surface area is 200 Å². The summed E-state index contributed by atoms with van der Waals surface area (Å²) in [4.78, 5) is 29.6. The molecule has 13 heteroatoms. The van der Waals surface area contributed by atoms with Gasteiger partial charge in [-0.15, -0.1) is 10.2 Å². The smallest absolute Gasteiger partial charge is 0.267 e. The molecule has 2 N–H and O–H groups in total. The van der Waals surface area contributed by atoms with Crippen LogP contribution in [0.2, 0.25) is 0 Å². The van der Waals surface area contributed by atoms with Crippen molar-refractivity contribution in [2.75, 3.05) is 0 Å². The van der Waals surface area contributed by atoms with Crippen molar-refractivity contribution >= 4 is 23.6 Å². The SMILES string of the molecule is O=C(NNC(=O)c1cccnc1SC(F)(F)F)c1ccc(Cn2nnc(-c3ccccc3)n2)cc1. The molecule has 4 rings (SSSR count). The van der Waals surface area contributed by atoms with Gasteiger partial charge >= 0.3 is 5.51 Å². The Morgan fingerprint density at radius 1 is 0.914 bits per heavy atom. The molecule has 2 amide bonds. The molecule has 0 unspecified atom stereocenters. The molecule has 9 nitrogen and oxygen atoms in total. The quantitative estimate of drug-likeness (QED) is 0.308. The van der Waals surface area contributed by atoms with E-state index in [4.69, 9.17) is 0 Å². The third-order valence-electron chi connectivity index (χ3n) is 4.54. The van der Waals surface area contributed by atoms with Gasteiger partial charge in [-0.2, -0.15) is 18.0 Å². The summed E-state index contributed by atoms with van der Waals surface area (Å²) in [5.41, 5.74) is 1.21. The van der Waals surface area contributed by atoms with Crippen LogP contribution in [-0.2, 0) is 6.54 Å². The van der Waals surface area contributed by atoms with E-state index in [0.717, 1.165) is 17.3 Å². The first-order valence-electron chi connectivity index (χ1n) is 10.0. The number of pyridine rings is 1. The zero-order valence-corrected chi connectivity index (χ0v) is 18.5. The van der Waals surface area contributed by atoms with Gasteiger partial charge in [-0.3, -0.25) is 20.4 Å². The van der Waals surface area contributed by atoms with Crippen molar-refractivity contribution in [1.29, 1.82) is 0 Å². The maximum atomic E-state index is 12.7. The summed E-state index contributed by atoms with van der Waals surface area (Å²) in [6.07, 6.45) is 1.14. The lowest BCUT2D eigenvalue weighted by atomic mass is 10.1. The Bertz CT molecular complexity index is 1330. The fourth-order valence-electron chi connectivity index (χ4n) is 2.95. The molecule has 0 aliphatic rings. The summed E-state index contributed by atoms with van der Waals surface area (Å²) in [6.45, 7) is 0.319. The molecule has 4 aromatic rings. The van der Waals surface area contributed by atoms with Crippen LogP contribution in [0.3, 0.4) is 0 Å². The van der Waals surface area contributed by atoms with Gasteiger partial charge in [0.1, 0.15) is 5.03 Å². The summed E-state index contributed by atoms with van der Waals surface area (Å²) in [6, 6.07) is 18.3. The number of nitrogens with zero attached hydrogens (tertiary/aromatic N) is 5. The summed E-state index contributed by atoms with van der Waals surface area (Å²) in [5.74, 6) is -1.09. The van der Waals surface area contributed by atoms with E-state index in [1.165, 1.54) is 29.1 Å². The predicted molar refractivity (Wildman–Crippen MR) is 120 cm³/mol. The molecule has 0 spiro atoms. The summed E-state index contributed by atoms with van der Waals surface area (Å²) in [7, 11) is 0. The highest BCUT2D eigenvalue weighted by atomic mass is 32.2. The number of carbonyl (C=O) groups is 2. The van der Waals surface area contributed by atoms with Crippen molar-refractivity contribution in [1.82, 2.24) is 36.0 Å². The highest BCUT2D eigenvalue weighted by Gasteiger charge is 2.32. The summed E-state index contributed by atoms with van der Waals surface area (Å²) >= 11 is -0.513. The number of halogens is 3. The van der Waals surface area contributed by atoms with Gasteiger partial charge in [-0.25, -0.2) is 4.98 Å². The first-order valence-corrected chi connectivity index (χ1v) is 10.8. The van der Waals surface area contributed by atoms with E-state index in [0.29, 0.717) is 12.4 Å². The van der Waals surface area contributed by atoms with Crippen LogP contribution in [0.5, 0.6) is 0 Å².